The smallest absolute Gasteiger partial charge is 0.207 e. The second kappa shape index (κ2) is 7.33. The zero-order chi connectivity index (χ0) is 15.3. The van der Waals surface area contributed by atoms with Crippen molar-refractivity contribution in [2.75, 3.05) is 13.6 Å². The summed E-state index contributed by atoms with van der Waals surface area (Å²) in [4.78, 5) is -0.660. The highest BCUT2D eigenvalue weighted by atomic mass is 35.5. The first-order valence-corrected chi connectivity index (χ1v) is 8.32. The second-order valence-electron chi connectivity index (χ2n) is 4.56. The van der Waals surface area contributed by atoms with E-state index in [-0.39, 0.29) is 18.0 Å². The van der Waals surface area contributed by atoms with Gasteiger partial charge < -0.3 is 0 Å². The summed E-state index contributed by atoms with van der Waals surface area (Å²) in [6.45, 7) is 2.26. The van der Waals surface area contributed by atoms with Gasteiger partial charge in [0.1, 0.15) is 4.90 Å². The Morgan fingerprint density at radius 2 is 1.90 bits per heavy atom. The van der Waals surface area contributed by atoms with Gasteiger partial charge in [-0.1, -0.05) is 19.8 Å². The molecule has 0 unspecified atom stereocenters. The molecule has 0 atom stereocenters. The van der Waals surface area contributed by atoms with Gasteiger partial charge in [0.25, 0.3) is 0 Å². The van der Waals surface area contributed by atoms with Crippen LogP contribution in [0.1, 0.15) is 31.7 Å². The van der Waals surface area contributed by atoms with Crippen molar-refractivity contribution in [1.29, 1.82) is 0 Å². The lowest BCUT2D eigenvalue weighted by Crippen LogP contribution is -2.29. The fourth-order valence-corrected chi connectivity index (χ4v) is 3.24. The van der Waals surface area contributed by atoms with Crippen molar-refractivity contribution in [2.45, 2.75) is 37.0 Å². The number of rotatable bonds is 7. The first kappa shape index (κ1) is 17.3. The predicted octanol–water partition coefficient (Wildman–Crippen LogP) is 3.51. The lowest BCUT2D eigenvalue weighted by Gasteiger charge is -2.18. The Bertz CT molecular complexity index is 564. The van der Waals surface area contributed by atoms with Gasteiger partial charge in [-0.05, 0) is 24.1 Å². The minimum atomic E-state index is -4.05. The molecule has 0 aliphatic heterocycles. The number of unbranched alkanes of at least 4 members (excludes halogenated alkanes) is 2. The van der Waals surface area contributed by atoms with E-state index in [2.05, 4.69) is 0 Å². The van der Waals surface area contributed by atoms with E-state index in [1.807, 2.05) is 6.92 Å². The standard InChI is InChI=1S/C13H18ClF2NO2S/c1-3-4-5-6-17(2)20(18,19)12-8-10(9-14)7-11(15)13(12)16/h7-8H,3-6,9H2,1-2H3. The van der Waals surface area contributed by atoms with Gasteiger partial charge in [0.05, 0.1) is 0 Å². The third-order valence-electron chi connectivity index (χ3n) is 2.97. The van der Waals surface area contributed by atoms with Gasteiger partial charge >= 0.3 is 0 Å². The van der Waals surface area contributed by atoms with Gasteiger partial charge in [0.15, 0.2) is 11.6 Å². The molecule has 0 bridgehead atoms. The first-order chi connectivity index (χ1) is 9.34. The number of benzene rings is 1. The molecule has 0 aromatic heterocycles. The fraction of sp³-hybridized carbons (Fsp3) is 0.538. The molecule has 1 rings (SSSR count). The number of nitrogens with zero attached hydrogens (tertiary/aromatic N) is 1. The molecule has 20 heavy (non-hydrogen) atoms. The van der Waals surface area contributed by atoms with Crippen LogP contribution in [-0.2, 0) is 15.9 Å². The second-order valence-corrected chi connectivity index (χ2v) is 6.84. The summed E-state index contributed by atoms with van der Waals surface area (Å²) in [5, 5.41) is 0. The molecule has 1 aromatic rings. The maximum absolute atomic E-state index is 13.7. The summed E-state index contributed by atoms with van der Waals surface area (Å²) in [7, 11) is -2.69. The van der Waals surface area contributed by atoms with Crippen molar-refractivity contribution in [3.8, 4) is 0 Å². The van der Waals surface area contributed by atoms with Crippen LogP contribution in [0.4, 0.5) is 8.78 Å². The van der Waals surface area contributed by atoms with Crippen molar-refractivity contribution in [3.63, 3.8) is 0 Å². The van der Waals surface area contributed by atoms with Crippen LogP contribution in [0, 0.1) is 11.6 Å². The molecule has 0 heterocycles. The molecule has 0 saturated carbocycles. The molecule has 1 aromatic carbocycles. The minimum absolute atomic E-state index is 0.0841. The first-order valence-electron chi connectivity index (χ1n) is 6.34. The summed E-state index contributed by atoms with van der Waals surface area (Å²) >= 11 is 5.56. The normalized spacial score (nSPS) is 12.1. The molecular weight excluding hydrogens is 308 g/mol. The highest BCUT2D eigenvalue weighted by molar-refractivity contribution is 7.89. The zero-order valence-corrected chi connectivity index (χ0v) is 13.1. The van der Waals surface area contributed by atoms with E-state index in [4.69, 9.17) is 11.6 Å². The molecule has 0 fully saturated rings. The van der Waals surface area contributed by atoms with Crippen molar-refractivity contribution in [3.05, 3.63) is 29.3 Å². The lowest BCUT2D eigenvalue weighted by atomic mass is 10.2. The molecule has 0 amide bonds. The zero-order valence-electron chi connectivity index (χ0n) is 11.5. The van der Waals surface area contributed by atoms with E-state index in [0.717, 1.165) is 29.3 Å². The minimum Gasteiger partial charge on any atom is -0.207 e. The maximum Gasteiger partial charge on any atom is 0.245 e. The van der Waals surface area contributed by atoms with Crippen LogP contribution in [0.3, 0.4) is 0 Å². The van der Waals surface area contributed by atoms with Gasteiger partial charge in [0.2, 0.25) is 10.0 Å². The van der Waals surface area contributed by atoms with Crippen molar-refractivity contribution < 1.29 is 17.2 Å². The molecular formula is C13H18ClF2NO2S. The van der Waals surface area contributed by atoms with Crippen LogP contribution in [0.25, 0.3) is 0 Å². The predicted molar refractivity (Wildman–Crippen MR) is 75.3 cm³/mol. The summed E-state index contributed by atoms with van der Waals surface area (Å²) in [6.07, 6.45) is 2.49. The van der Waals surface area contributed by atoms with Crippen molar-refractivity contribution in [2.24, 2.45) is 0 Å². The third-order valence-corrected chi connectivity index (χ3v) is 5.14. The molecule has 7 heteroatoms. The van der Waals surface area contributed by atoms with Crippen LogP contribution >= 0.6 is 11.6 Å². The highest BCUT2D eigenvalue weighted by Crippen LogP contribution is 2.23. The number of hydrogen-bond acceptors (Lipinski definition) is 2. The Hall–Kier alpha value is -0.720. The van der Waals surface area contributed by atoms with Crippen LogP contribution in [-0.4, -0.2) is 26.3 Å². The largest absolute Gasteiger partial charge is 0.245 e. The van der Waals surface area contributed by atoms with Crippen molar-refractivity contribution >= 4 is 21.6 Å². The van der Waals surface area contributed by atoms with Gasteiger partial charge in [-0.3, -0.25) is 0 Å². The van der Waals surface area contributed by atoms with E-state index in [0.29, 0.717) is 6.42 Å². The van der Waals surface area contributed by atoms with Crippen LogP contribution in [0.5, 0.6) is 0 Å². The molecule has 0 saturated heterocycles. The highest BCUT2D eigenvalue weighted by Gasteiger charge is 2.26. The summed E-state index contributed by atoms with van der Waals surface area (Å²) in [5.74, 6) is -2.65. The van der Waals surface area contributed by atoms with Gasteiger partial charge in [-0.15, -0.1) is 11.6 Å². The van der Waals surface area contributed by atoms with E-state index in [9.17, 15) is 17.2 Å². The van der Waals surface area contributed by atoms with Crippen LogP contribution in [0.15, 0.2) is 17.0 Å². The number of halogens is 3. The van der Waals surface area contributed by atoms with Crippen LogP contribution < -0.4 is 0 Å². The molecule has 3 nitrogen and oxygen atoms in total. The van der Waals surface area contributed by atoms with Gasteiger partial charge in [-0.2, -0.15) is 0 Å². The Morgan fingerprint density at radius 3 is 2.45 bits per heavy atom. The van der Waals surface area contributed by atoms with Gasteiger partial charge in [0, 0.05) is 19.5 Å². The average molecular weight is 326 g/mol. The van der Waals surface area contributed by atoms with Crippen molar-refractivity contribution in [1.82, 2.24) is 4.31 Å². The third kappa shape index (κ3) is 3.90. The number of alkyl halides is 1. The molecule has 0 radical (unpaired) electrons. The van der Waals surface area contributed by atoms with Crippen LogP contribution in [0.2, 0.25) is 0 Å². The number of sulfonamides is 1. The average Bonchev–Trinajstić information content (AvgIpc) is 2.41. The maximum atomic E-state index is 13.7. The Kier molecular flexibility index (Phi) is 6.36. The van der Waals surface area contributed by atoms with E-state index in [1.54, 1.807) is 0 Å². The molecule has 0 spiro atoms. The summed E-state index contributed by atoms with van der Waals surface area (Å²) in [6, 6.07) is 1.98. The lowest BCUT2D eigenvalue weighted by molar-refractivity contribution is 0.439. The molecule has 0 N–H and O–H groups in total. The SMILES string of the molecule is CCCCCN(C)S(=O)(=O)c1cc(CCl)cc(F)c1F. The Balaban J connectivity index is 3.11. The molecule has 114 valence electrons. The Morgan fingerprint density at radius 1 is 1.25 bits per heavy atom. The molecule has 0 aliphatic rings. The van der Waals surface area contributed by atoms with E-state index in [1.165, 1.54) is 7.05 Å². The van der Waals surface area contributed by atoms with E-state index < -0.39 is 26.6 Å². The summed E-state index contributed by atoms with van der Waals surface area (Å²) < 4.78 is 52.7. The number of hydrogen-bond donors (Lipinski definition) is 0. The van der Waals surface area contributed by atoms with E-state index >= 15 is 0 Å². The summed E-state index contributed by atoms with van der Waals surface area (Å²) in [5.41, 5.74) is 0.228. The van der Waals surface area contributed by atoms with Gasteiger partial charge in [-0.25, -0.2) is 21.5 Å². The monoisotopic (exact) mass is 325 g/mol. The quantitative estimate of drug-likeness (QED) is 0.568. The Labute approximate surface area is 123 Å². The topological polar surface area (TPSA) is 37.4 Å². The fourth-order valence-electron chi connectivity index (χ4n) is 1.75. The molecule has 0 aliphatic carbocycles.